The van der Waals surface area contributed by atoms with Crippen molar-refractivity contribution in [3.05, 3.63) is 23.8 Å². The molecule has 0 fully saturated rings. The quantitative estimate of drug-likeness (QED) is 0.341. The van der Waals surface area contributed by atoms with Crippen molar-refractivity contribution in [1.82, 2.24) is 0 Å². The van der Waals surface area contributed by atoms with Crippen LogP contribution in [-0.2, 0) is 30.3 Å². The van der Waals surface area contributed by atoms with Crippen LogP contribution < -0.4 is 15.2 Å². The number of hydrogen-bond donors (Lipinski definition) is 2. The van der Waals surface area contributed by atoms with Gasteiger partial charge in [-0.05, 0) is 31.0 Å². The van der Waals surface area contributed by atoms with E-state index in [1.807, 2.05) is 6.92 Å². The summed E-state index contributed by atoms with van der Waals surface area (Å²) in [6.07, 6.45) is 1.07. The highest BCUT2D eigenvalue weighted by Gasteiger charge is 2.37. The maximum absolute atomic E-state index is 12.0. The highest BCUT2D eigenvalue weighted by atomic mass is 16.6. The van der Waals surface area contributed by atoms with Crippen LogP contribution in [0.2, 0.25) is 0 Å². The largest absolute Gasteiger partial charge is 0.480 e. The first kappa shape index (κ1) is 27.1. The van der Waals surface area contributed by atoms with Gasteiger partial charge in [-0.1, -0.05) is 33.3 Å². The van der Waals surface area contributed by atoms with Gasteiger partial charge in [-0.3, -0.25) is 19.2 Å². The molecule has 0 bridgehead atoms. The molecule has 32 heavy (non-hydrogen) atoms. The van der Waals surface area contributed by atoms with E-state index in [9.17, 15) is 24.3 Å². The van der Waals surface area contributed by atoms with Crippen molar-refractivity contribution >= 4 is 23.9 Å². The number of benzene rings is 1. The lowest BCUT2D eigenvalue weighted by atomic mass is 9.86. The molecular weight excluding hydrogens is 418 g/mol. The first-order chi connectivity index (χ1) is 15.0. The molecule has 2 atom stereocenters. The number of carboxylic acid groups (broad SMARTS) is 1. The zero-order valence-electron chi connectivity index (χ0n) is 19.1. The highest BCUT2D eigenvalue weighted by molar-refractivity contribution is 5.79. The molecule has 0 aliphatic rings. The predicted octanol–water partition coefficient (Wildman–Crippen LogP) is 3.15. The Morgan fingerprint density at radius 3 is 2.12 bits per heavy atom. The van der Waals surface area contributed by atoms with Crippen molar-refractivity contribution in [2.75, 3.05) is 0 Å². The lowest BCUT2D eigenvalue weighted by Gasteiger charge is -2.28. The maximum atomic E-state index is 12.0. The second-order valence-corrected chi connectivity index (χ2v) is 7.68. The Hall–Kier alpha value is -2.94. The second-order valence-electron chi connectivity index (χ2n) is 7.68. The zero-order chi connectivity index (χ0) is 24.3. The molecule has 0 aliphatic heterocycles. The van der Waals surface area contributed by atoms with Crippen molar-refractivity contribution in [3.63, 3.8) is 0 Å². The van der Waals surface area contributed by atoms with Crippen molar-refractivity contribution < 1.29 is 38.5 Å². The van der Waals surface area contributed by atoms with Crippen LogP contribution in [0.1, 0.15) is 71.8 Å². The Kier molecular flexibility index (Phi) is 10.8. The van der Waals surface area contributed by atoms with Gasteiger partial charge in [0.25, 0.3) is 0 Å². The number of aliphatic carboxylic acids is 1. The third-order valence-electron chi connectivity index (χ3n) is 4.70. The van der Waals surface area contributed by atoms with Gasteiger partial charge in [-0.15, -0.1) is 0 Å². The molecule has 0 saturated carbocycles. The van der Waals surface area contributed by atoms with E-state index < -0.39 is 35.5 Å². The number of esters is 3. The lowest BCUT2D eigenvalue weighted by Crippen LogP contribution is -2.52. The van der Waals surface area contributed by atoms with Crippen LogP contribution in [0.5, 0.6) is 11.5 Å². The summed E-state index contributed by atoms with van der Waals surface area (Å²) in [5.41, 5.74) is 4.90. The Bertz CT molecular complexity index is 822. The van der Waals surface area contributed by atoms with E-state index in [0.717, 1.165) is 6.42 Å². The summed E-state index contributed by atoms with van der Waals surface area (Å²) in [4.78, 5) is 47.3. The number of hydrogen-bond acceptors (Lipinski definition) is 8. The second kappa shape index (κ2) is 12.8. The Morgan fingerprint density at radius 1 is 1.00 bits per heavy atom. The smallest absolute Gasteiger partial charge is 0.324 e. The molecule has 0 heterocycles. The Labute approximate surface area is 188 Å². The molecule has 3 N–H and O–H groups in total. The minimum absolute atomic E-state index is 0.00271. The van der Waals surface area contributed by atoms with Crippen molar-refractivity contribution in [1.29, 1.82) is 0 Å². The van der Waals surface area contributed by atoms with Gasteiger partial charge < -0.3 is 25.1 Å². The third-order valence-corrected chi connectivity index (χ3v) is 4.70. The Balaban J connectivity index is 3.08. The van der Waals surface area contributed by atoms with Gasteiger partial charge in [0.2, 0.25) is 0 Å². The van der Waals surface area contributed by atoms with Crippen LogP contribution in [0, 0.1) is 0 Å². The molecule has 0 aliphatic carbocycles. The summed E-state index contributed by atoms with van der Waals surface area (Å²) in [5, 5.41) is 9.76. The van der Waals surface area contributed by atoms with Crippen LogP contribution in [0.25, 0.3) is 0 Å². The minimum atomic E-state index is -1.74. The molecule has 9 heteroatoms. The number of nitrogens with two attached hydrogens (primary N) is 1. The summed E-state index contributed by atoms with van der Waals surface area (Å²) in [6, 6.07) is 4.40. The summed E-state index contributed by atoms with van der Waals surface area (Å²) in [5.74, 6) is -2.66. The fourth-order valence-electron chi connectivity index (χ4n) is 2.97. The molecule has 0 spiro atoms. The first-order valence-electron chi connectivity index (χ1n) is 10.8. The van der Waals surface area contributed by atoms with Crippen LogP contribution in [0.3, 0.4) is 0 Å². The van der Waals surface area contributed by atoms with E-state index in [-0.39, 0.29) is 43.6 Å². The van der Waals surface area contributed by atoms with E-state index >= 15 is 0 Å². The van der Waals surface area contributed by atoms with Gasteiger partial charge in [0.15, 0.2) is 11.5 Å². The fraction of sp³-hybridized carbons (Fsp3) is 0.565. The summed E-state index contributed by atoms with van der Waals surface area (Å²) >= 11 is 0. The van der Waals surface area contributed by atoms with E-state index in [1.54, 1.807) is 26.8 Å². The molecule has 1 unspecified atom stereocenters. The number of carboxylic acids is 1. The topological polar surface area (TPSA) is 142 Å². The molecule has 1 rings (SSSR count). The number of ether oxygens (including phenoxy) is 3. The van der Waals surface area contributed by atoms with Gasteiger partial charge >= 0.3 is 23.9 Å². The normalized spacial score (nSPS) is 13.5. The molecule has 1 aromatic rings. The monoisotopic (exact) mass is 451 g/mol. The minimum Gasteiger partial charge on any atom is -0.480 e. The van der Waals surface area contributed by atoms with Crippen LogP contribution >= 0.6 is 0 Å². The number of rotatable bonds is 13. The summed E-state index contributed by atoms with van der Waals surface area (Å²) < 4.78 is 15.7. The fourth-order valence-corrected chi connectivity index (χ4v) is 2.97. The van der Waals surface area contributed by atoms with Crippen molar-refractivity contribution in [2.24, 2.45) is 5.73 Å². The molecule has 0 saturated heterocycles. The van der Waals surface area contributed by atoms with Crippen molar-refractivity contribution in [2.45, 2.75) is 84.3 Å². The predicted molar refractivity (Wildman–Crippen MR) is 116 cm³/mol. The average molecular weight is 452 g/mol. The van der Waals surface area contributed by atoms with Crippen LogP contribution in [0.4, 0.5) is 0 Å². The molecule has 9 nitrogen and oxygen atoms in total. The van der Waals surface area contributed by atoms with Gasteiger partial charge in [-0.2, -0.15) is 0 Å². The molecule has 0 aromatic heterocycles. The SMILES string of the molecule is CCCCC(=O)O[C@@H](C)CC(N)(Cc1ccc(OC(=O)CC)c(OC(=O)CC)c1)C(=O)O. The van der Waals surface area contributed by atoms with Gasteiger partial charge in [0.05, 0.1) is 0 Å². The highest BCUT2D eigenvalue weighted by Crippen LogP contribution is 2.31. The molecule has 0 radical (unpaired) electrons. The van der Waals surface area contributed by atoms with E-state index in [2.05, 4.69) is 0 Å². The van der Waals surface area contributed by atoms with Crippen molar-refractivity contribution in [3.8, 4) is 11.5 Å². The standard InChI is InChI=1S/C23H33NO8/c1-5-8-9-21(27)30-15(4)13-23(24,22(28)29)14-16-10-11-17(31-19(25)6-2)18(12-16)32-20(26)7-3/h10-12,15H,5-9,13-14,24H2,1-4H3,(H,28,29)/t15-,23?/m0/s1. The lowest BCUT2D eigenvalue weighted by molar-refractivity contribution is -0.153. The molecule has 1 aromatic carbocycles. The van der Waals surface area contributed by atoms with Crippen LogP contribution in [-0.4, -0.2) is 40.6 Å². The first-order valence-corrected chi connectivity index (χ1v) is 10.8. The van der Waals surface area contributed by atoms with Crippen LogP contribution in [0.15, 0.2) is 18.2 Å². The number of carbonyl (C=O) groups excluding carboxylic acids is 3. The molecule has 178 valence electrons. The van der Waals surface area contributed by atoms with E-state index in [4.69, 9.17) is 19.9 Å². The van der Waals surface area contributed by atoms with Gasteiger partial charge in [0, 0.05) is 32.1 Å². The number of carbonyl (C=O) groups is 4. The summed E-state index contributed by atoms with van der Waals surface area (Å²) in [6.45, 7) is 6.78. The third kappa shape index (κ3) is 8.66. The molecular formula is C23H33NO8. The van der Waals surface area contributed by atoms with E-state index in [0.29, 0.717) is 12.0 Å². The zero-order valence-corrected chi connectivity index (χ0v) is 19.1. The average Bonchev–Trinajstić information content (AvgIpc) is 2.73. The van der Waals surface area contributed by atoms with E-state index in [1.165, 1.54) is 12.1 Å². The maximum Gasteiger partial charge on any atom is 0.324 e. The number of unbranched alkanes of at least 4 members (excludes halogenated alkanes) is 1. The Morgan fingerprint density at radius 2 is 1.59 bits per heavy atom. The van der Waals surface area contributed by atoms with Gasteiger partial charge in [-0.25, -0.2) is 0 Å². The summed E-state index contributed by atoms with van der Waals surface area (Å²) in [7, 11) is 0. The van der Waals surface area contributed by atoms with Gasteiger partial charge in [0.1, 0.15) is 11.6 Å². The molecule has 0 amide bonds.